The summed E-state index contributed by atoms with van der Waals surface area (Å²) in [5, 5.41) is 0.530. The van der Waals surface area contributed by atoms with E-state index in [1.807, 2.05) is 0 Å². The molecule has 0 N–H and O–H groups in total. The van der Waals surface area contributed by atoms with Crippen LogP contribution in [0.2, 0.25) is 0 Å². The van der Waals surface area contributed by atoms with Crippen molar-refractivity contribution in [2.45, 2.75) is 64.0 Å². The van der Waals surface area contributed by atoms with Gasteiger partial charge < -0.3 is 0 Å². The molecular formula is C22H25NO5S2. The summed E-state index contributed by atoms with van der Waals surface area (Å²) in [6.07, 6.45) is 4.96. The zero-order valence-electron chi connectivity index (χ0n) is 16.6. The summed E-state index contributed by atoms with van der Waals surface area (Å²) in [5.74, 6) is 0. The number of hydrogen-bond acceptors (Lipinski definition) is 6. The molecule has 1 unspecified atom stereocenters. The Bertz CT molecular complexity index is 1140. The van der Waals surface area contributed by atoms with Crippen LogP contribution in [0.5, 0.6) is 0 Å². The van der Waals surface area contributed by atoms with Crippen molar-refractivity contribution in [1.82, 2.24) is 5.06 Å². The van der Waals surface area contributed by atoms with Crippen molar-refractivity contribution < 1.29 is 21.7 Å². The number of nitrogens with zero attached hydrogens (tertiary/aromatic N) is 1. The highest BCUT2D eigenvalue weighted by molar-refractivity contribution is 7.96. The van der Waals surface area contributed by atoms with E-state index >= 15 is 0 Å². The fourth-order valence-corrected chi connectivity index (χ4v) is 9.95. The molecule has 3 fully saturated rings. The molecular weight excluding hydrogens is 422 g/mol. The van der Waals surface area contributed by atoms with E-state index in [-0.39, 0.29) is 22.8 Å². The third-order valence-corrected chi connectivity index (χ3v) is 11.6. The molecule has 3 aliphatic rings. The van der Waals surface area contributed by atoms with Gasteiger partial charge in [0.2, 0.25) is 14.8 Å². The van der Waals surface area contributed by atoms with E-state index < -0.39 is 35.4 Å². The standard InChI is InChI=1S/C22H25NO5S2/c24-29(25,18-10-4-1-5-11-18)20-16-23-21(14-8-3-9-15-21)17-22(20,28-23)30(26,27)19-12-6-2-7-13-19/h1-2,4-7,10-13,20H,3,8-9,14-17H2/t20-,22-/m1/s1. The second kappa shape index (κ2) is 6.88. The summed E-state index contributed by atoms with van der Waals surface area (Å²) < 4.78 is 55.0. The van der Waals surface area contributed by atoms with Gasteiger partial charge in [0.05, 0.1) is 15.3 Å². The minimum Gasteiger partial charge on any atom is -0.274 e. The summed E-state index contributed by atoms with van der Waals surface area (Å²) >= 11 is 0. The highest BCUT2D eigenvalue weighted by Gasteiger charge is 2.73. The molecule has 160 valence electrons. The Balaban J connectivity index is 1.66. The topological polar surface area (TPSA) is 80.8 Å². The van der Waals surface area contributed by atoms with Crippen molar-refractivity contribution in [3.8, 4) is 0 Å². The molecule has 2 saturated heterocycles. The predicted octanol–water partition coefficient (Wildman–Crippen LogP) is 3.35. The van der Waals surface area contributed by atoms with Gasteiger partial charge in [-0.1, -0.05) is 55.7 Å². The highest BCUT2D eigenvalue weighted by atomic mass is 32.2. The second-order valence-electron chi connectivity index (χ2n) is 8.59. The molecule has 2 heterocycles. The third kappa shape index (κ3) is 2.74. The Hall–Kier alpha value is -1.74. The van der Waals surface area contributed by atoms with Gasteiger partial charge in [-0.3, -0.25) is 4.84 Å². The van der Waals surface area contributed by atoms with Crippen molar-refractivity contribution in [3.63, 3.8) is 0 Å². The molecule has 5 rings (SSSR count). The van der Waals surface area contributed by atoms with Gasteiger partial charge in [-0.05, 0) is 37.1 Å². The molecule has 2 aromatic carbocycles. The Morgan fingerprint density at radius 3 is 1.97 bits per heavy atom. The predicted molar refractivity (Wildman–Crippen MR) is 112 cm³/mol. The van der Waals surface area contributed by atoms with E-state index in [2.05, 4.69) is 0 Å². The van der Waals surface area contributed by atoms with E-state index in [1.165, 1.54) is 24.3 Å². The van der Waals surface area contributed by atoms with Gasteiger partial charge in [-0.2, -0.15) is 5.06 Å². The SMILES string of the molecule is O=S(=O)(c1ccccc1)[C@@H]1CN2O[C@@]1(S(=O)(=O)c1ccccc1)CC21CCCCC1. The van der Waals surface area contributed by atoms with Crippen molar-refractivity contribution in [2.75, 3.05) is 6.54 Å². The lowest BCUT2D eigenvalue weighted by molar-refractivity contribution is -0.159. The first-order valence-electron chi connectivity index (χ1n) is 10.4. The summed E-state index contributed by atoms with van der Waals surface area (Å²) in [4.78, 5) is 4.59. The van der Waals surface area contributed by atoms with Crippen molar-refractivity contribution in [3.05, 3.63) is 60.7 Å². The maximum Gasteiger partial charge on any atom is 0.214 e. The van der Waals surface area contributed by atoms with E-state index in [1.54, 1.807) is 41.5 Å². The van der Waals surface area contributed by atoms with Crippen LogP contribution in [0.25, 0.3) is 0 Å². The minimum absolute atomic E-state index is 0.0727. The van der Waals surface area contributed by atoms with Crippen LogP contribution in [0.3, 0.4) is 0 Å². The average molecular weight is 448 g/mol. The fraction of sp³-hybridized carbons (Fsp3) is 0.455. The first-order valence-corrected chi connectivity index (χ1v) is 13.4. The van der Waals surface area contributed by atoms with Crippen LogP contribution in [0.15, 0.2) is 70.5 Å². The lowest BCUT2D eigenvalue weighted by Gasteiger charge is -2.43. The van der Waals surface area contributed by atoms with Crippen molar-refractivity contribution in [1.29, 1.82) is 0 Å². The lowest BCUT2D eigenvalue weighted by Crippen LogP contribution is -2.58. The largest absolute Gasteiger partial charge is 0.274 e. The van der Waals surface area contributed by atoms with E-state index in [0.717, 1.165) is 32.1 Å². The van der Waals surface area contributed by atoms with Crippen LogP contribution in [-0.4, -0.2) is 44.2 Å². The van der Waals surface area contributed by atoms with Crippen LogP contribution in [0, 0.1) is 0 Å². The highest BCUT2D eigenvalue weighted by Crippen LogP contribution is 2.58. The molecule has 2 aromatic rings. The fourth-order valence-electron chi connectivity index (χ4n) is 5.42. The summed E-state index contributed by atoms with van der Waals surface area (Å²) in [6, 6.07) is 16.2. The van der Waals surface area contributed by atoms with Crippen molar-refractivity contribution in [2.24, 2.45) is 0 Å². The molecule has 8 heteroatoms. The number of rotatable bonds is 4. The molecule has 3 atom stereocenters. The molecule has 0 aromatic heterocycles. The Labute approximate surface area is 177 Å². The Kier molecular flexibility index (Phi) is 4.63. The van der Waals surface area contributed by atoms with Crippen molar-refractivity contribution >= 4 is 19.7 Å². The van der Waals surface area contributed by atoms with E-state index in [4.69, 9.17) is 4.84 Å². The van der Waals surface area contributed by atoms with Gasteiger partial charge in [0.1, 0.15) is 5.25 Å². The molecule has 1 aliphatic carbocycles. The molecule has 30 heavy (non-hydrogen) atoms. The van der Waals surface area contributed by atoms with Crippen LogP contribution in [-0.2, 0) is 24.5 Å². The average Bonchev–Trinajstić information content (AvgIpc) is 3.31. The monoisotopic (exact) mass is 447 g/mol. The van der Waals surface area contributed by atoms with Crippen LogP contribution in [0.1, 0.15) is 38.5 Å². The third-order valence-electron chi connectivity index (χ3n) is 6.93. The lowest BCUT2D eigenvalue weighted by atomic mass is 9.76. The maximum absolute atomic E-state index is 13.9. The van der Waals surface area contributed by atoms with Crippen LogP contribution in [0.4, 0.5) is 0 Å². The molecule has 0 amide bonds. The van der Waals surface area contributed by atoms with Crippen LogP contribution >= 0.6 is 0 Å². The summed E-state index contributed by atoms with van der Waals surface area (Å²) in [5.41, 5.74) is -0.400. The van der Waals surface area contributed by atoms with Gasteiger partial charge in [0.15, 0.2) is 9.84 Å². The number of hydrogen-bond donors (Lipinski definition) is 0. The number of benzene rings is 2. The minimum atomic E-state index is -4.07. The first kappa shape index (κ1) is 20.2. The zero-order chi connectivity index (χ0) is 21.0. The first-order chi connectivity index (χ1) is 14.3. The summed E-state index contributed by atoms with van der Waals surface area (Å²) in [7, 11) is -7.99. The van der Waals surface area contributed by atoms with Gasteiger partial charge in [0, 0.05) is 13.0 Å². The number of fused-ring (bicyclic) bond motifs is 3. The number of piperidine rings is 1. The zero-order valence-corrected chi connectivity index (χ0v) is 18.2. The maximum atomic E-state index is 13.9. The van der Waals surface area contributed by atoms with E-state index in [0.29, 0.717) is 0 Å². The molecule has 1 spiro atoms. The van der Waals surface area contributed by atoms with Gasteiger partial charge in [-0.25, -0.2) is 16.8 Å². The summed E-state index contributed by atoms with van der Waals surface area (Å²) in [6.45, 7) is 0.0727. The van der Waals surface area contributed by atoms with Gasteiger partial charge in [0.25, 0.3) is 0 Å². The smallest absolute Gasteiger partial charge is 0.214 e. The normalized spacial score (nSPS) is 30.5. The molecule has 1 saturated carbocycles. The molecule has 2 bridgehead atoms. The van der Waals surface area contributed by atoms with Crippen LogP contribution < -0.4 is 0 Å². The quantitative estimate of drug-likeness (QED) is 0.715. The number of sulfone groups is 2. The second-order valence-corrected chi connectivity index (χ2v) is 12.9. The number of hydroxylamine groups is 2. The Morgan fingerprint density at radius 2 is 1.37 bits per heavy atom. The molecule has 6 nitrogen and oxygen atoms in total. The van der Waals surface area contributed by atoms with E-state index in [9.17, 15) is 16.8 Å². The molecule has 0 radical (unpaired) electrons. The Morgan fingerprint density at radius 1 is 0.800 bits per heavy atom. The molecule has 2 aliphatic heterocycles. The van der Waals surface area contributed by atoms with Gasteiger partial charge >= 0.3 is 0 Å². The van der Waals surface area contributed by atoms with Gasteiger partial charge in [-0.15, -0.1) is 0 Å².